The second-order valence-electron chi connectivity index (χ2n) is 4.72. The van der Waals surface area contributed by atoms with E-state index in [2.05, 4.69) is 18.7 Å². The summed E-state index contributed by atoms with van der Waals surface area (Å²) in [6.07, 6.45) is 1.15. The quantitative estimate of drug-likeness (QED) is 0.629. The summed E-state index contributed by atoms with van der Waals surface area (Å²) >= 11 is 0. The molecule has 0 spiro atoms. The molecule has 3 heteroatoms. The number of carbonyl (C=O) groups is 1. The van der Waals surface area contributed by atoms with Crippen molar-refractivity contribution in [3.63, 3.8) is 0 Å². The van der Waals surface area contributed by atoms with Gasteiger partial charge >= 0.3 is 0 Å². The Morgan fingerprint density at radius 2 is 2.12 bits per heavy atom. The lowest BCUT2D eigenvalue weighted by molar-refractivity contribution is 0.101. The average Bonchev–Trinajstić information content (AvgIpc) is 2.28. The maximum absolute atomic E-state index is 11.4. The van der Waals surface area contributed by atoms with E-state index in [-0.39, 0.29) is 5.78 Å². The van der Waals surface area contributed by atoms with Gasteiger partial charge in [0.15, 0.2) is 5.78 Å². The van der Waals surface area contributed by atoms with E-state index < -0.39 is 0 Å². The van der Waals surface area contributed by atoms with Crippen LogP contribution in [0.25, 0.3) is 0 Å². The van der Waals surface area contributed by atoms with Gasteiger partial charge in [0, 0.05) is 30.5 Å². The van der Waals surface area contributed by atoms with Crippen molar-refractivity contribution in [1.82, 2.24) is 0 Å². The fourth-order valence-electron chi connectivity index (χ4n) is 1.79. The highest BCUT2D eigenvalue weighted by Gasteiger charge is 2.10. The monoisotopic (exact) mass is 234 g/mol. The molecule has 0 aliphatic carbocycles. The Balaban J connectivity index is 2.91. The van der Waals surface area contributed by atoms with Crippen molar-refractivity contribution in [2.75, 3.05) is 24.2 Å². The summed E-state index contributed by atoms with van der Waals surface area (Å²) in [6.45, 7) is 6.93. The van der Waals surface area contributed by atoms with Crippen LogP contribution in [0.15, 0.2) is 18.2 Å². The summed E-state index contributed by atoms with van der Waals surface area (Å²) in [5, 5.41) is 0. The molecule has 1 rings (SSSR count). The lowest BCUT2D eigenvalue weighted by Crippen LogP contribution is -2.23. The van der Waals surface area contributed by atoms with Gasteiger partial charge in [0.25, 0.3) is 0 Å². The van der Waals surface area contributed by atoms with Crippen molar-refractivity contribution >= 4 is 17.2 Å². The van der Waals surface area contributed by atoms with Crippen LogP contribution in [-0.2, 0) is 0 Å². The molecule has 0 bridgehead atoms. The van der Waals surface area contributed by atoms with Crippen LogP contribution in [0.1, 0.15) is 37.6 Å². The summed E-state index contributed by atoms with van der Waals surface area (Å²) in [5.41, 5.74) is 7.99. The maximum Gasteiger partial charge on any atom is 0.161 e. The highest BCUT2D eigenvalue weighted by atomic mass is 16.1. The third kappa shape index (κ3) is 3.48. The van der Waals surface area contributed by atoms with Crippen LogP contribution < -0.4 is 10.6 Å². The highest BCUT2D eigenvalue weighted by molar-refractivity contribution is 6.00. The number of ketones is 1. The summed E-state index contributed by atoms with van der Waals surface area (Å²) < 4.78 is 0. The molecule has 1 aromatic rings. The van der Waals surface area contributed by atoms with Gasteiger partial charge in [-0.1, -0.05) is 20.3 Å². The molecule has 0 aromatic heterocycles. The minimum absolute atomic E-state index is 0.0151. The Kier molecular flexibility index (Phi) is 4.55. The number of nitrogens with two attached hydrogens (primary N) is 1. The standard InChI is InChI=1S/C14H22N2O/c1-5-10(2)9-16(4)12-6-7-14(15)13(8-12)11(3)17/h6-8,10H,5,9,15H2,1-4H3. The lowest BCUT2D eigenvalue weighted by atomic mass is 10.1. The van der Waals surface area contributed by atoms with Gasteiger partial charge in [-0.3, -0.25) is 4.79 Å². The van der Waals surface area contributed by atoms with Crippen LogP contribution in [0.4, 0.5) is 11.4 Å². The number of carbonyl (C=O) groups excluding carboxylic acids is 1. The molecule has 1 atom stereocenters. The number of rotatable bonds is 5. The number of nitrogens with zero attached hydrogens (tertiary/aromatic N) is 1. The molecule has 3 nitrogen and oxygen atoms in total. The Hall–Kier alpha value is -1.51. The van der Waals surface area contributed by atoms with E-state index in [0.717, 1.165) is 18.7 Å². The van der Waals surface area contributed by atoms with E-state index in [4.69, 9.17) is 5.73 Å². The Morgan fingerprint density at radius 1 is 1.47 bits per heavy atom. The van der Waals surface area contributed by atoms with Crippen molar-refractivity contribution in [2.45, 2.75) is 27.2 Å². The van der Waals surface area contributed by atoms with Gasteiger partial charge in [0.1, 0.15) is 0 Å². The molecule has 0 saturated carbocycles. The number of hydrogen-bond donors (Lipinski definition) is 1. The van der Waals surface area contributed by atoms with Crippen LogP contribution in [0.5, 0.6) is 0 Å². The topological polar surface area (TPSA) is 46.3 Å². The van der Waals surface area contributed by atoms with E-state index >= 15 is 0 Å². The predicted octanol–water partition coefficient (Wildman–Crippen LogP) is 2.95. The summed E-state index contributed by atoms with van der Waals surface area (Å²) in [7, 11) is 2.04. The number of hydrogen-bond acceptors (Lipinski definition) is 3. The van der Waals surface area contributed by atoms with Gasteiger partial charge in [-0.05, 0) is 31.0 Å². The molecule has 17 heavy (non-hydrogen) atoms. The molecule has 0 radical (unpaired) electrons. The average molecular weight is 234 g/mol. The van der Waals surface area contributed by atoms with Crippen molar-refractivity contribution in [2.24, 2.45) is 5.92 Å². The van der Waals surface area contributed by atoms with Crippen LogP contribution in [0, 0.1) is 5.92 Å². The Bertz CT molecular complexity index is 401. The summed E-state index contributed by atoms with van der Waals surface area (Å²) in [4.78, 5) is 13.6. The maximum atomic E-state index is 11.4. The van der Waals surface area contributed by atoms with Gasteiger partial charge in [0.2, 0.25) is 0 Å². The highest BCUT2D eigenvalue weighted by Crippen LogP contribution is 2.22. The second-order valence-corrected chi connectivity index (χ2v) is 4.72. The van der Waals surface area contributed by atoms with Crippen LogP contribution in [0.2, 0.25) is 0 Å². The minimum atomic E-state index is 0.0151. The fraction of sp³-hybridized carbons (Fsp3) is 0.500. The minimum Gasteiger partial charge on any atom is -0.398 e. The van der Waals surface area contributed by atoms with Crippen molar-refractivity contribution in [3.05, 3.63) is 23.8 Å². The van der Waals surface area contributed by atoms with Crippen LogP contribution in [-0.4, -0.2) is 19.4 Å². The van der Waals surface area contributed by atoms with Crippen molar-refractivity contribution < 1.29 is 4.79 Å². The van der Waals surface area contributed by atoms with Crippen LogP contribution >= 0.6 is 0 Å². The summed E-state index contributed by atoms with van der Waals surface area (Å²) in [6, 6.07) is 5.64. The first kappa shape index (κ1) is 13.6. The summed E-state index contributed by atoms with van der Waals surface area (Å²) in [5.74, 6) is 0.652. The third-order valence-electron chi connectivity index (χ3n) is 3.14. The van der Waals surface area contributed by atoms with Gasteiger partial charge in [0.05, 0.1) is 0 Å². The molecule has 0 aliphatic rings. The zero-order valence-corrected chi connectivity index (χ0v) is 11.2. The molecule has 0 heterocycles. The van der Waals surface area contributed by atoms with Gasteiger partial charge in [-0.15, -0.1) is 0 Å². The molecule has 0 aliphatic heterocycles. The molecular formula is C14H22N2O. The number of nitrogen functional groups attached to an aromatic ring is 1. The van der Waals surface area contributed by atoms with Gasteiger partial charge in [-0.25, -0.2) is 0 Å². The molecule has 0 amide bonds. The SMILES string of the molecule is CCC(C)CN(C)c1ccc(N)c(C(C)=O)c1. The molecule has 0 saturated heterocycles. The predicted molar refractivity (Wildman–Crippen MR) is 73.6 cm³/mol. The van der Waals surface area contributed by atoms with E-state index in [0.29, 0.717) is 17.2 Å². The molecule has 94 valence electrons. The van der Waals surface area contributed by atoms with Crippen molar-refractivity contribution in [3.8, 4) is 0 Å². The number of Topliss-reactive ketones (excluding diaryl/α,β-unsaturated/α-hetero) is 1. The number of anilines is 2. The normalized spacial score (nSPS) is 12.2. The first-order valence-corrected chi connectivity index (χ1v) is 6.07. The van der Waals surface area contributed by atoms with Crippen molar-refractivity contribution in [1.29, 1.82) is 0 Å². The van der Waals surface area contributed by atoms with Crippen LogP contribution in [0.3, 0.4) is 0 Å². The Morgan fingerprint density at radius 3 is 2.65 bits per heavy atom. The first-order valence-electron chi connectivity index (χ1n) is 6.07. The molecule has 1 aromatic carbocycles. The number of benzene rings is 1. The zero-order chi connectivity index (χ0) is 13.0. The molecule has 1 unspecified atom stereocenters. The van der Waals surface area contributed by atoms with Gasteiger partial charge < -0.3 is 10.6 Å². The zero-order valence-electron chi connectivity index (χ0n) is 11.2. The molecule has 0 fully saturated rings. The molecule has 2 N–H and O–H groups in total. The largest absolute Gasteiger partial charge is 0.398 e. The smallest absolute Gasteiger partial charge is 0.161 e. The Labute approximate surface area is 104 Å². The lowest BCUT2D eigenvalue weighted by Gasteiger charge is -2.23. The fourth-order valence-corrected chi connectivity index (χ4v) is 1.79. The molecular weight excluding hydrogens is 212 g/mol. The van der Waals surface area contributed by atoms with E-state index in [9.17, 15) is 4.79 Å². The van der Waals surface area contributed by atoms with E-state index in [1.165, 1.54) is 0 Å². The van der Waals surface area contributed by atoms with E-state index in [1.54, 1.807) is 13.0 Å². The van der Waals surface area contributed by atoms with Gasteiger partial charge in [-0.2, -0.15) is 0 Å². The first-order chi connectivity index (χ1) is 7.95. The second kappa shape index (κ2) is 5.71. The third-order valence-corrected chi connectivity index (χ3v) is 3.14. The van der Waals surface area contributed by atoms with E-state index in [1.807, 2.05) is 19.2 Å².